The lowest BCUT2D eigenvalue weighted by molar-refractivity contribution is -0.883. The van der Waals surface area contributed by atoms with Gasteiger partial charge in [-0.2, -0.15) is 60.1 Å². The Bertz CT molecular complexity index is 747. The van der Waals surface area contributed by atoms with Crippen LogP contribution in [0.3, 0.4) is 0 Å². The van der Waals surface area contributed by atoms with Gasteiger partial charge in [-0.25, -0.2) is 4.79 Å². The zero-order chi connectivity index (χ0) is 28.8. The fourth-order valence-electron chi connectivity index (χ4n) is 2.79. The van der Waals surface area contributed by atoms with Crippen LogP contribution in [-0.2, 0) is 9.59 Å². The third kappa shape index (κ3) is 8.89. The number of thioether (sulfide) groups is 1. The summed E-state index contributed by atoms with van der Waals surface area (Å²) in [4.78, 5) is 22.7. The van der Waals surface area contributed by atoms with Gasteiger partial charge in [0.2, 0.25) is 0 Å². The summed E-state index contributed by atoms with van der Waals surface area (Å²) < 4.78 is 143. The summed E-state index contributed by atoms with van der Waals surface area (Å²) in [6.07, 6.45) is -8.83. The molecule has 0 aliphatic heterocycles. The molecule has 0 aromatic heterocycles. The number of hydrogen-bond donors (Lipinski definition) is 2. The summed E-state index contributed by atoms with van der Waals surface area (Å²) >= 11 is 0.306. The Labute approximate surface area is 204 Å². The van der Waals surface area contributed by atoms with E-state index in [1.807, 2.05) is 0 Å². The Morgan fingerprint density at radius 3 is 1.92 bits per heavy atom. The van der Waals surface area contributed by atoms with Crippen molar-refractivity contribution in [2.75, 3.05) is 51.8 Å². The first-order valence-electron chi connectivity index (χ1n) is 10.4. The number of halogens is 11. The summed E-state index contributed by atoms with van der Waals surface area (Å²) in [6, 6.07) is 0. The van der Waals surface area contributed by atoms with Gasteiger partial charge >= 0.3 is 35.8 Å². The lowest BCUT2D eigenvalue weighted by atomic mass is 9.96. The van der Waals surface area contributed by atoms with E-state index in [9.17, 15) is 57.9 Å². The summed E-state index contributed by atoms with van der Waals surface area (Å²) in [5.41, 5.74) is 0. The van der Waals surface area contributed by atoms with E-state index in [0.717, 1.165) is 0 Å². The molecule has 214 valence electrons. The van der Waals surface area contributed by atoms with Crippen molar-refractivity contribution in [2.45, 2.75) is 49.6 Å². The molecule has 1 atom stereocenters. The van der Waals surface area contributed by atoms with E-state index >= 15 is 0 Å². The molecule has 0 aliphatic carbocycles. The van der Waals surface area contributed by atoms with Gasteiger partial charge in [-0.05, 0) is 5.75 Å². The molecule has 0 bridgehead atoms. The molecule has 0 heterocycles. The van der Waals surface area contributed by atoms with Gasteiger partial charge in [-0.3, -0.25) is 4.79 Å². The quantitative estimate of drug-likeness (QED) is 0.152. The molecular formula is C19H28F11N2O3S+. The van der Waals surface area contributed by atoms with Crippen LogP contribution in [0, 0.1) is 5.92 Å². The van der Waals surface area contributed by atoms with Gasteiger partial charge in [0.15, 0.2) is 6.54 Å². The van der Waals surface area contributed by atoms with Gasteiger partial charge in [0, 0.05) is 31.8 Å². The second-order valence-electron chi connectivity index (χ2n) is 8.86. The van der Waals surface area contributed by atoms with E-state index in [2.05, 4.69) is 5.32 Å². The highest BCUT2D eigenvalue weighted by Gasteiger charge is 2.86. The first kappa shape index (κ1) is 34.6. The number of alkyl halides is 11. The van der Waals surface area contributed by atoms with Crippen LogP contribution in [0.15, 0.2) is 0 Å². The molecule has 0 aromatic rings. The van der Waals surface area contributed by atoms with Crippen LogP contribution < -0.4 is 5.32 Å². The minimum Gasteiger partial charge on any atom is -0.477 e. The van der Waals surface area contributed by atoms with Crippen LogP contribution in [-0.4, -0.2) is 103 Å². The number of nitrogens with one attached hydrogen (secondary N) is 1. The van der Waals surface area contributed by atoms with Crippen LogP contribution in [0.4, 0.5) is 48.3 Å². The predicted molar refractivity (Wildman–Crippen MR) is 109 cm³/mol. The van der Waals surface area contributed by atoms with Crippen molar-refractivity contribution in [3.05, 3.63) is 0 Å². The fraction of sp³-hybridized carbons (Fsp3) is 0.895. The summed E-state index contributed by atoms with van der Waals surface area (Å²) in [5, 5.41) is 11.7. The molecule has 0 rings (SSSR count). The molecular weight excluding hydrogens is 545 g/mol. The summed E-state index contributed by atoms with van der Waals surface area (Å²) in [7, 11) is 3.42. The molecule has 0 amide bonds. The van der Waals surface area contributed by atoms with E-state index in [0.29, 0.717) is 31.3 Å². The van der Waals surface area contributed by atoms with Crippen LogP contribution in [0.25, 0.3) is 0 Å². The Balaban J connectivity index is 4.64. The molecule has 5 nitrogen and oxygen atoms in total. The number of aliphatic carboxylic acids is 1. The first-order chi connectivity index (χ1) is 15.9. The van der Waals surface area contributed by atoms with Gasteiger partial charge in [-0.15, -0.1) is 0 Å². The average Bonchev–Trinajstić information content (AvgIpc) is 2.68. The molecule has 0 saturated heterocycles. The van der Waals surface area contributed by atoms with Gasteiger partial charge in [0.25, 0.3) is 0 Å². The molecule has 17 heteroatoms. The third-order valence-electron chi connectivity index (χ3n) is 5.09. The second kappa shape index (κ2) is 12.5. The lowest BCUT2D eigenvalue weighted by Crippen LogP contribution is -2.66. The van der Waals surface area contributed by atoms with Crippen molar-refractivity contribution in [3.63, 3.8) is 0 Å². The standard InChI is InChI=1S/C19H27F11N2O3S/c1-12(9-31-6-4-7-32(2,3)10-14(34)35)13(33)11-36-8-5-15(20,21)16(22,23)17(24,25)18(26,27)19(28,29)30/h12,31H,4-11H2,1-3H3/p+1. The number of quaternary nitrogens is 1. The Hall–Kier alpha value is -1.36. The smallest absolute Gasteiger partial charge is 0.460 e. The van der Waals surface area contributed by atoms with Crippen LogP contribution >= 0.6 is 11.8 Å². The number of carbonyl (C=O) groups is 2. The van der Waals surface area contributed by atoms with Crippen molar-refractivity contribution in [1.29, 1.82) is 0 Å². The number of likely N-dealkylation sites (N-methyl/N-ethyl adjacent to an activating group) is 1. The lowest BCUT2D eigenvalue weighted by Gasteiger charge is -2.37. The molecule has 0 fully saturated rings. The van der Waals surface area contributed by atoms with Crippen molar-refractivity contribution < 1.29 is 67.5 Å². The third-order valence-corrected chi connectivity index (χ3v) is 6.07. The van der Waals surface area contributed by atoms with E-state index < -0.39 is 65.5 Å². The maximum absolute atomic E-state index is 13.6. The van der Waals surface area contributed by atoms with Gasteiger partial charge < -0.3 is 14.9 Å². The minimum atomic E-state index is -7.43. The largest absolute Gasteiger partial charge is 0.477 e. The number of rotatable bonds is 17. The highest BCUT2D eigenvalue weighted by atomic mass is 32.2. The highest BCUT2D eigenvalue weighted by Crippen LogP contribution is 2.58. The number of carbonyl (C=O) groups excluding carboxylic acids is 1. The molecule has 0 radical (unpaired) electrons. The zero-order valence-electron chi connectivity index (χ0n) is 19.5. The molecule has 0 saturated carbocycles. The van der Waals surface area contributed by atoms with Gasteiger partial charge in [0.05, 0.1) is 26.4 Å². The highest BCUT2D eigenvalue weighted by molar-refractivity contribution is 7.99. The minimum absolute atomic E-state index is 0.0977. The van der Waals surface area contributed by atoms with Crippen molar-refractivity contribution in [1.82, 2.24) is 5.32 Å². The maximum atomic E-state index is 13.6. The number of nitrogens with zero attached hydrogens (tertiary/aromatic N) is 1. The van der Waals surface area contributed by atoms with Gasteiger partial charge in [-0.1, -0.05) is 6.92 Å². The zero-order valence-corrected chi connectivity index (χ0v) is 20.3. The Kier molecular flexibility index (Phi) is 12.0. The van der Waals surface area contributed by atoms with Crippen LogP contribution in [0.2, 0.25) is 0 Å². The molecule has 0 aliphatic rings. The number of carboxylic acid groups (broad SMARTS) is 1. The number of carboxylic acids is 1. The molecule has 1 unspecified atom stereocenters. The summed E-state index contributed by atoms with van der Waals surface area (Å²) in [5.74, 6) is -31.6. The van der Waals surface area contributed by atoms with E-state index in [4.69, 9.17) is 5.11 Å². The van der Waals surface area contributed by atoms with E-state index in [1.165, 1.54) is 6.92 Å². The predicted octanol–water partition coefficient (Wildman–Crippen LogP) is 4.56. The Morgan fingerprint density at radius 2 is 1.44 bits per heavy atom. The summed E-state index contributed by atoms with van der Waals surface area (Å²) in [6.45, 7) is 2.38. The molecule has 0 aromatic carbocycles. The van der Waals surface area contributed by atoms with E-state index in [1.54, 1.807) is 14.1 Å². The van der Waals surface area contributed by atoms with Crippen molar-refractivity contribution in [3.8, 4) is 0 Å². The second-order valence-corrected chi connectivity index (χ2v) is 9.97. The normalized spacial score (nSPS) is 15.2. The van der Waals surface area contributed by atoms with Crippen molar-refractivity contribution >= 4 is 23.5 Å². The van der Waals surface area contributed by atoms with E-state index in [-0.39, 0.29) is 17.6 Å². The number of Topliss-reactive ketones (excluding diaryl/α,β-unsaturated/α-hetero) is 1. The van der Waals surface area contributed by atoms with Crippen LogP contribution in [0.1, 0.15) is 19.8 Å². The fourth-order valence-corrected chi connectivity index (χ4v) is 3.82. The molecule has 0 spiro atoms. The molecule has 2 N–H and O–H groups in total. The number of hydrogen-bond acceptors (Lipinski definition) is 4. The first-order valence-corrected chi connectivity index (χ1v) is 11.5. The van der Waals surface area contributed by atoms with Gasteiger partial charge in [0.1, 0.15) is 5.78 Å². The Morgan fingerprint density at radius 1 is 0.917 bits per heavy atom. The topological polar surface area (TPSA) is 66.4 Å². The average molecular weight is 573 g/mol. The monoisotopic (exact) mass is 573 g/mol. The van der Waals surface area contributed by atoms with Crippen LogP contribution in [0.5, 0.6) is 0 Å². The molecule has 36 heavy (non-hydrogen) atoms. The SMILES string of the molecule is CC(CNCCC[N+](C)(C)CC(=O)O)C(=O)CSCCC(F)(F)C(F)(F)C(F)(F)C(F)(F)C(F)(F)F. The number of ketones is 1. The maximum Gasteiger partial charge on any atom is 0.460 e. The van der Waals surface area contributed by atoms with Crippen molar-refractivity contribution in [2.24, 2.45) is 5.92 Å².